The smallest absolute Gasteiger partial charge is 0.240 e. The topological polar surface area (TPSA) is 55.8 Å². The number of carbonyl (C=O) groups is 1. The van der Waals surface area contributed by atoms with Crippen LogP contribution in [-0.4, -0.2) is 73.2 Å². The van der Waals surface area contributed by atoms with Gasteiger partial charge in [-0.2, -0.15) is 0 Å². The average Bonchev–Trinajstić information content (AvgIpc) is 2.91. The van der Waals surface area contributed by atoms with E-state index >= 15 is 0 Å². The molecule has 0 radical (unpaired) electrons. The van der Waals surface area contributed by atoms with E-state index in [0.29, 0.717) is 19.0 Å². The van der Waals surface area contributed by atoms with Crippen molar-refractivity contribution in [1.82, 2.24) is 15.1 Å². The predicted molar refractivity (Wildman–Crippen MR) is 79.5 cm³/mol. The Bertz CT molecular complexity index is 316. The van der Waals surface area contributed by atoms with E-state index in [4.69, 9.17) is 0 Å². The van der Waals surface area contributed by atoms with Crippen LogP contribution in [0.15, 0.2) is 0 Å². The normalized spacial score (nSPS) is 26.6. The van der Waals surface area contributed by atoms with Gasteiger partial charge >= 0.3 is 0 Å². The van der Waals surface area contributed by atoms with Crippen LogP contribution in [0.4, 0.5) is 0 Å². The molecule has 2 fully saturated rings. The van der Waals surface area contributed by atoms with E-state index in [1.54, 1.807) is 19.0 Å². The predicted octanol–water partition coefficient (Wildman–Crippen LogP) is 0.290. The Morgan fingerprint density at radius 2 is 2.10 bits per heavy atom. The van der Waals surface area contributed by atoms with Crippen LogP contribution in [-0.2, 0) is 4.79 Å². The Morgan fingerprint density at radius 1 is 1.40 bits per heavy atom. The average molecular weight is 283 g/mol. The third-order valence-electron chi connectivity index (χ3n) is 4.61. The molecular weight excluding hydrogens is 254 g/mol. The SMILES string of the molecule is CN(C)C(=O)C1CNCCN1CC(O)CC1CCCC1. The molecule has 1 saturated carbocycles. The molecule has 2 unspecified atom stereocenters. The van der Waals surface area contributed by atoms with Gasteiger partial charge in [-0.15, -0.1) is 0 Å². The molecule has 2 N–H and O–H groups in total. The van der Waals surface area contributed by atoms with Gasteiger partial charge < -0.3 is 15.3 Å². The lowest BCUT2D eigenvalue weighted by atomic mass is 9.99. The van der Waals surface area contributed by atoms with Gasteiger partial charge in [-0.1, -0.05) is 25.7 Å². The number of aliphatic hydroxyl groups is 1. The van der Waals surface area contributed by atoms with Gasteiger partial charge in [0.25, 0.3) is 0 Å². The molecule has 0 aromatic carbocycles. The summed E-state index contributed by atoms with van der Waals surface area (Å²) in [5.41, 5.74) is 0. The van der Waals surface area contributed by atoms with Crippen molar-refractivity contribution in [3.05, 3.63) is 0 Å². The Morgan fingerprint density at radius 3 is 2.75 bits per heavy atom. The quantitative estimate of drug-likeness (QED) is 0.761. The zero-order chi connectivity index (χ0) is 14.5. The Kier molecular flexibility index (Phi) is 5.81. The van der Waals surface area contributed by atoms with E-state index in [1.807, 2.05) is 0 Å². The molecule has 116 valence electrons. The zero-order valence-electron chi connectivity index (χ0n) is 12.8. The Balaban J connectivity index is 1.85. The number of aliphatic hydroxyl groups excluding tert-OH is 1. The molecule has 1 aliphatic heterocycles. The van der Waals surface area contributed by atoms with Crippen LogP contribution in [0.3, 0.4) is 0 Å². The molecule has 2 aliphatic rings. The summed E-state index contributed by atoms with van der Waals surface area (Å²) in [5, 5.41) is 13.6. The minimum absolute atomic E-state index is 0.128. The number of hydrogen-bond acceptors (Lipinski definition) is 4. The lowest BCUT2D eigenvalue weighted by molar-refractivity contribution is -0.135. The molecule has 5 heteroatoms. The van der Waals surface area contributed by atoms with Crippen LogP contribution in [0.2, 0.25) is 0 Å². The first-order valence-corrected chi connectivity index (χ1v) is 7.92. The van der Waals surface area contributed by atoms with E-state index in [0.717, 1.165) is 19.5 Å². The van der Waals surface area contributed by atoms with Gasteiger partial charge in [0, 0.05) is 40.3 Å². The summed E-state index contributed by atoms with van der Waals surface area (Å²) in [6.45, 7) is 3.05. The largest absolute Gasteiger partial charge is 0.392 e. The highest BCUT2D eigenvalue weighted by molar-refractivity contribution is 5.81. The van der Waals surface area contributed by atoms with Crippen molar-refractivity contribution in [1.29, 1.82) is 0 Å². The first-order chi connectivity index (χ1) is 9.58. The second-order valence-corrected chi connectivity index (χ2v) is 6.49. The van der Waals surface area contributed by atoms with Crippen LogP contribution >= 0.6 is 0 Å². The van der Waals surface area contributed by atoms with Crippen molar-refractivity contribution in [2.75, 3.05) is 40.3 Å². The Hall–Kier alpha value is -0.650. The molecule has 1 saturated heterocycles. The number of nitrogens with one attached hydrogen (secondary N) is 1. The van der Waals surface area contributed by atoms with Gasteiger partial charge in [-0.25, -0.2) is 0 Å². The van der Waals surface area contributed by atoms with E-state index in [9.17, 15) is 9.90 Å². The van der Waals surface area contributed by atoms with E-state index in [-0.39, 0.29) is 18.1 Å². The van der Waals surface area contributed by atoms with Gasteiger partial charge in [-0.05, 0) is 12.3 Å². The number of carbonyl (C=O) groups excluding carboxylic acids is 1. The third-order valence-corrected chi connectivity index (χ3v) is 4.61. The number of amides is 1. The fourth-order valence-electron chi connectivity index (χ4n) is 3.48. The molecular formula is C15H29N3O2. The number of piperazine rings is 1. The summed E-state index contributed by atoms with van der Waals surface area (Å²) in [6.07, 6.45) is 5.75. The van der Waals surface area contributed by atoms with Crippen molar-refractivity contribution >= 4 is 5.91 Å². The summed E-state index contributed by atoms with van der Waals surface area (Å²) < 4.78 is 0. The molecule has 0 aromatic rings. The Labute approximate surface area is 122 Å². The lowest BCUT2D eigenvalue weighted by Gasteiger charge is -2.37. The van der Waals surface area contributed by atoms with Crippen LogP contribution in [0.5, 0.6) is 0 Å². The molecule has 0 bridgehead atoms. The zero-order valence-corrected chi connectivity index (χ0v) is 12.8. The first kappa shape index (κ1) is 15.7. The molecule has 20 heavy (non-hydrogen) atoms. The lowest BCUT2D eigenvalue weighted by Crippen LogP contribution is -2.59. The molecule has 1 amide bonds. The van der Waals surface area contributed by atoms with Gasteiger partial charge in [0.1, 0.15) is 6.04 Å². The minimum Gasteiger partial charge on any atom is -0.392 e. The highest BCUT2D eigenvalue weighted by Gasteiger charge is 2.31. The fourth-order valence-corrected chi connectivity index (χ4v) is 3.48. The summed E-state index contributed by atoms with van der Waals surface area (Å²) in [6, 6.07) is -0.128. The maximum atomic E-state index is 12.2. The standard InChI is InChI=1S/C15H29N3O2/c1-17(2)15(20)14-10-16-7-8-18(14)11-13(19)9-12-5-3-4-6-12/h12-14,16,19H,3-11H2,1-2H3. The van der Waals surface area contributed by atoms with Gasteiger partial charge in [-0.3, -0.25) is 9.69 Å². The number of hydrogen-bond donors (Lipinski definition) is 2. The maximum Gasteiger partial charge on any atom is 0.240 e. The third kappa shape index (κ3) is 4.17. The monoisotopic (exact) mass is 283 g/mol. The van der Waals surface area contributed by atoms with Gasteiger partial charge in [0.2, 0.25) is 5.91 Å². The first-order valence-electron chi connectivity index (χ1n) is 7.92. The van der Waals surface area contributed by atoms with Crippen LogP contribution in [0, 0.1) is 5.92 Å². The molecule has 1 heterocycles. The van der Waals surface area contributed by atoms with Crippen molar-refractivity contribution in [3.63, 3.8) is 0 Å². The van der Waals surface area contributed by atoms with Crippen molar-refractivity contribution in [2.24, 2.45) is 5.92 Å². The summed E-state index contributed by atoms with van der Waals surface area (Å²) in [5.74, 6) is 0.821. The van der Waals surface area contributed by atoms with Crippen LogP contribution < -0.4 is 5.32 Å². The van der Waals surface area contributed by atoms with Crippen molar-refractivity contribution in [3.8, 4) is 0 Å². The van der Waals surface area contributed by atoms with E-state index < -0.39 is 0 Å². The molecule has 5 nitrogen and oxygen atoms in total. The maximum absolute atomic E-state index is 12.2. The number of nitrogens with zero attached hydrogens (tertiary/aromatic N) is 2. The molecule has 2 atom stereocenters. The fraction of sp³-hybridized carbons (Fsp3) is 0.933. The second kappa shape index (κ2) is 7.38. The number of rotatable bonds is 5. The molecule has 2 rings (SSSR count). The van der Waals surface area contributed by atoms with Gasteiger partial charge in [0.15, 0.2) is 0 Å². The number of β-amino-alcohol motifs (C(OH)–C–C–N with tert-alkyl or cyclic N) is 1. The van der Waals surface area contributed by atoms with Crippen LogP contribution in [0.25, 0.3) is 0 Å². The van der Waals surface area contributed by atoms with E-state index in [2.05, 4.69) is 10.2 Å². The summed E-state index contributed by atoms with van der Waals surface area (Å²) in [4.78, 5) is 16.0. The van der Waals surface area contributed by atoms with E-state index in [1.165, 1.54) is 25.7 Å². The minimum atomic E-state index is -0.298. The van der Waals surface area contributed by atoms with Crippen molar-refractivity contribution in [2.45, 2.75) is 44.2 Å². The highest BCUT2D eigenvalue weighted by atomic mass is 16.3. The number of likely N-dealkylation sites (N-methyl/N-ethyl adjacent to an activating group) is 1. The highest BCUT2D eigenvalue weighted by Crippen LogP contribution is 2.28. The molecule has 0 aromatic heterocycles. The molecule has 0 spiro atoms. The molecule has 1 aliphatic carbocycles. The second-order valence-electron chi connectivity index (χ2n) is 6.49. The van der Waals surface area contributed by atoms with Crippen LogP contribution in [0.1, 0.15) is 32.1 Å². The van der Waals surface area contributed by atoms with Gasteiger partial charge in [0.05, 0.1) is 6.10 Å². The summed E-state index contributed by atoms with van der Waals surface area (Å²) in [7, 11) is 3.59. The summed E-state index contributed by atoms with van der Waals surface area (Å²) >= 11 is 0. The van der Waals surface area contributed by atoms with Crippen molar-refractivity contribution < 1.29 is 9.90 Å².